The highest BCUT2D eigenvalue weighted by atomic mass is 16.4. The highest BCUT2D eigenvalue weighted by molar-refractivity contribution is 5.94. The number of anilines is 1. The molecule has 2 N–H and O–H groups in total. The number of carbonyl (C=O) groups is 1. The minimum atomic E-state index is -0.944. The fraction of sp³-hybridized carbons (Fsp3) is 0.214. The van der Waals surface area contributed by atoms with Crippen LogP contribution in [0.25, 0.3) is 0 Å². The molecule has 94 valence electrons. The van der Waals surface area contributed by atoms with Gasteiger partial charge in [0.05, 0.1) is 11.6 Å². The number of furan rings is 1. The van der Waals surface area contributed by atoms with Gasteiger partial charge in [0.1, 0.15) is 11.5 Å². The lowest BCUT2D eigenvalue weighted by Crippen LogP contribution is -2.09. The molecule has 18 heavy (non-hydrogen) atoms. The zero-order chi connectivity index (χ0) is 13.1. The summed E-state index contributed by atoms with van der Waals surface area (Å²) < 4.78 is 5.51. The number of hydrogen-bond acceptors (Lipinski definition) is 3. The fourth-order valence-corrected chi connectivity index (χ4v) is 1.79. The molecule has 0 aliphatic heterocycles. The molecule has 0 aliphatic rings. The summed E-state index contributed by atoms with van der Waals surface area (Å²) in [5.41, 5.74) is 0.846. The molecule has 4 heteroatoms. The number of benzene rings is 1. The third-order valence-electron chi connectivity index (χ3n) is 2.72. The van der Waals surface area contributed by atoms with Gasteiger partial charge in [0.15, 0.2) is 0 Å². The number of nitrogens with one attached hydrogen (secondary N) is 1. The van der Waals surface area contributed by atoms with Gasteiger partial charge in [-0.3, -0.25) is 0 Å². The van der Waals surface area contributed by atoms with E-state index in [4.69, 9.17) is 9.52 Å². The summed E-state index contributed by atoms with van der Waals surface area (Å²) in [4.78, 5) is 11.1. The first-order chi connectivity index (χ1) is 8.58. The van der Waals surface area contributed by atoms with Crippen LogP contribution in [0.15, 0.2) is 40.8 Å². The third-order valence-corrected chi connectivity index (χ3v) is 2.72. The van der Waals surface area contributed by atoms with Gasteiger partial charge in [-0.15, -0.1) is 0 Å². The summed E-state index contributed by atoms with van der Waals surface area (Å²) in [6, 6.07) is 10.5. The molecule has 0 bridgehead atoms. The van der Waals surface area contributed by atoms with E-state index >= 15 is 0 Å². The maximum Gasteiger partial charge on any atom is 0.337 e. The van der Waals surface area contributed by atoms with Gasteiger partial charge >= 0.3 is 5.97 Å². The number of carboxylic acids is 1. The third kappa shape index (κ3) is 2.53. The molecule has 0 saturated carbocycles. The maximum absolute atomic E-state index is 11.1. The number of hydrogen-bond donors (Lipinski definition) is 2. The molecular formula is C14H15NO3. The van der Waals surface area contributed by atoms with E-state index in [0.717, 1.165) is 11.5 Å². The van der Waals surface area contributed by atoms with Crippen molar-refractivity contribution in [3.63, 3.8) is 0 Å². The first kappa shape index (κ1) is 12.2. The second-order valence-electron chi connectivity index (χ2n) is 4.17. The quantitative estimate of drug-likeness (QED) is 0.865. The minimum Gasteiger partial charge on any atom is -0.478 e. The lowest BCUT2D eigenvalue weighted by atomic mass is 10.1. The smallest absolute Gasteiger partial charge is 0.337 e. The Balaban J connectivity index is 2.21. The Hall–Kier alpha value is -2.23. The van der Waals surface area contributed by atoms with E-state index in [2.05, 4.69) is 5.32 Å². The molecule has 0 radical (unpaired) electrons. The predicted molar refractivity (Wildman–Crippen MR) is 68.9 cm³/mol. The molecule has 0 spiro atoms. The van der Waals surface area contributed by atoms with Gasteiger partial charge in [-0.1, -0.05) is 12.1 Å². The van der Waals surface area contributed by atoms with E-state index in [1.54, 1.807) is 24.3 Å². The number of carboxylic acid groups (broad SMARTS) is 1. The van der Waals surface area contributed by atoms with Crippen LogP contribution in [0.4, 0.5) is 5.69 Å². The summed E-state index contributed by atoms with van der Waals surface area (Å²) >= 11 is 0. The average molecular weight is 245 g/mol. The number of aryl methyl sites for hydroxylation is 1. The first-order valence-corrected chi connectivity index (χ1v) is 5.73. The lowest BCUT2D eigenvalue weighted by Gasteiger charge is -2.14. The van der Waals surface area contributed by atoms with Gasteiger partial charge in [0.2, 0.25) is 0 Å². The van der Waals surface area contributed by atoms with Crippen molar-refractivity contribution in [2.24, 2.45) is 0 Å². The molecule has 1 atom stereocenters. The van der Waals surface area contributed by atoms with Crippen molar-refractivity contribution in [3.05, 3.63) is 53.5 Å². The Morgan fingerprint density at radius 3 is 2.61 bits per heavy atom. The van der Waals surface area contributed by atoms with Gasteiger partial charge < -0.3 is 14.8 Å². The molecule has 2 rings (SSSR count). The number of aromatic carboxylic acids is 1. The van der Waals surface area contributed by atoms with E-state index < -0.39 is 5.97 Å². The number of rotatable bonds is 4. The Labute approximate surface area is 105 Å². The summed E-state index contributed by atoms with van der Waals surface area (Å²) in [5.74, 6) is 0.679. The van der Waals surface area contributed by atoms with Gasteiger partial charge in [-0.05, 0) is 38.1 Å². The Morgan fingerprint density at radius 1 is 1.28 bits per heavy atom. The molecule has 0 fully saturated rings. The molecule has 1 aromatic carbocycles. The second kappa shape index (κ2) is 4.96. The number of para-hydroxylation sites is 1. The van der Waals surface area contributed by atoms with E-state index in [9.17, 15) is 4.79 Å². The van der Waals surface area contributed by atoms with Crippen molar-refractivity contribution in [2.75, 3.05) is 5.32 Å². The van der Waals surface area contributed by atoms with Crippen LogP contribution in [0.2, 0.25) is 0 Å². The standard InChI is InChI=1S/C14H15NO3/c1-9-7-8-13(18-9)10(2)15-12-6-4-3-5-11(12)14(16)17/h3-8,10,15H,1-2H3,(H,16,17). The van der Waals surface area contributed by atoms with Gasteiger partial charge in [0.25, 0.3) is 0 Å². The van der Waals surface area contributed by atoms with E-state index in [0.29, 0.717) is 5.69 Å². The highest BCUT2D eigenvalue weighted by Gasteiger charge is 2.14. The molecule has 1 heterocycles. The van der Waals surface area contributed by atoms with Crippen LogP contribution >= 0.6 is 0 Å². The van der Waals surface area contributed by atoms with Crippen LogP contribution in [0.1, 0.15) is 34.8 Å². The summed E-state index contributed by atoms with van der Waals surface area (Å²) in [6.07, 6.45) is 0. The van der Waals surface area contributed by atoms with E-state index in [1.807, 2.05) is 26.0 Å². The molecule has 4 nitrogen and oxygen atoms in total. The molecule has 2 aromatic rings. The van der Waals surface area contributed by atoms with Crippen LogP contribution in [-0.4, -0.2) is 11.1 Å². The molecular weight excluding hydrogens is 230 g/mol. The summed E-state index contributed by atoms with van der Waals surface area (Å²) in [6.45, 7) is 3.80. The topological polar surface area (TPSA) is 62.5 Å². The van der Waals surface area contributed by atoms with Crippen LogP contribution in [0.5, 0.6) is 0 Å². The monoisotopic (exact) mass is 245 g/mol. The van der Waals surface area contributed by atoms with Crippen LogP contribution < -0.4 is 5.32 Å². The Kier molecular flexibility index (Phi) is 3.37. The van der Waals surface area contributed by atoms with Crippen molar-refractivity contribution in [1.82, 2.24) is 0 Å². The predicted octanol–water partition coefficient (Wildman–Crippen LogP) is 3.46. The normalized spacial score (nSPS) is 12.1. The minimum absolute atomic E-state index is 0.0841. The fourth-order valence-electron chi connectivity index (χ4n) is 1.79. The van der Waals surface area contributed by atoms with Crippen molar-refractivity contribution in [2.45, 2.75) is 19.9 Å². The van der Waals surface area contributed by atoms with Crippen LogP contribution in [-0.2, 0) is 0 Å². The Morgan fingerprint density at radius 2 is 2.00 bits per heavy atom. The second-order valence-corrected chi connectivity index (χ2v) is 4.17. The SMILES string of the molecule is Cc1ccc(C(C)Nc2ccccc2C(=O)O)o1. The average Bonchev–Trinajstić information content (AvgIpc) is 2.76. The van der Waals surface area contributed by atoms with E-state index in [1.165, 1.54) is 0 Å². The van der Waals surface area contributed by atoms with Crippen molar-refractivity contribution >= 4 is 11.7 Å². The largest absolute Gasteiger partial charge is 0.478 e. The molecule has 0 saturated heterocycles. The van der Waals surface area contributed by atoms with Gasteiger partial charge in [-0.25, -0.2) is 4.79 Å². The van der Waals surface area contributed by atoms with Crippen molar-refractivity contribution in [1.29, 1.82) is 0 Å². The summed E-state index contributed by atoms with van der Waals surface area (Å²) in [7, 11) is 0. The highest BCUT2D eigenvalue weighted by Crippen LogP contribution is 2.23. The van der Waals surface area contributed by atoms with E-state index in [-0.39, 0.29) is 11.6 Å². The Bertz CT molecular complexity index is 560. The van der Waals surface area contributed by atoms with Crippen molar-refractivity contribution in [3.8, 4) is 0 Å². The van der Waals surface area contributed by atoms with Gasteiger partial charge in [-0.2, -0.15) is 0 Å². The zero-order valence-corrected chi connectivity index (χ0v) is 10.3. The lowest BCUT2D eigenvalue weighted by molar-refractivity contribution is 0.0698. The zero-order valence-electron chi connectivity index (χ0n) is 10.3. The maximum atomic E-state index is 11.1. The first-order valence-electron chi connectivity index (χ1n) is 5.73. The molecule has 1 unspecified atom stereocenters. The van der Waals surface area contributed by atoms with Crippen molar-refractivity contribution < 1.29 is 14.3 Å². The molecule has 0 amide bonds. The molecule has 0 aliphatic carbocycles. The molecule has 1 aromatic heterocycles. The summed E-state index contributed by atoms with van der Waals surface area (Å²) in [5, 5.41) is 12.2. The van der Waals surface area contributed by atoms with Crippen LogP contribution in [0, 0.1) is 6.92 Å². The van der Waals surface area contributed by atoms with Gasteiger partial charge in [0, 0.05) is 5.69 Å². The van der Waals surface area contributed by atoms with Crippen LogP contribution in [0.3, 0.4) is 0 Å².